The molecule has 1 aliphatic heterocycles. The third-order valence-corrected chi connectivity index (χ3v) is 5.71. The SMILES string of the molecule is Cc1ccc(Cl)cc1N1CCN(C(=O)c2csc(Nc3cccnc3)n2)CC1. The summed E-state index contributed by atoms with van der Waals surface area (Å²) in [7, 11) is 0. The first-order chi connectivity index (χ1) is 13.6. The summed E-state index contributed by atoms with van der Waals surface area (Å²) in [5.41, 5.74) is 3.65. The van der Waals surface area contributed by atoms with Gasteiger partial charge in [0.1, 0.15) is 5.69 Å². The molecule has 4 rings (SSSR count). The predicted molar refractivity (Wildman–Crippen MR) is 114 cm³/mol. The summed E-state index contributed by atoms with van der Waals surface area (Å²) in [6.45, 7) is 4.95. The Hall–Kier alpha value is -2.64. The molecule has 0 saturated carbocycles. The Kier molecular flexibility index (Phi) is 5.45. The minimum absolute atomic E-state index is 0.0297. The zero-order chi connectivity index (χ0) is 19.5. The summed E-state index contributed by atoms with van der Waals surface area (Å²) < 4.78 is 0. The summed E-state index contributed by atoms with van der Waals surface area (Å²) >= 11 is 7.56. The molecule has 1 aromatic carbocycles. The summed E-state index contributed by atoms with van der Waals surface area (Å²) in [4.78, 5) is 25.5. The number of nitrogens with zero attached hydrogens (tertiary/aromatic N) is 4. The number of pyridine rings is 1. The van der Waals surface area contributed by atoms with E-state index in [9.17, 15) is 4.79 Å². The highest BCUT2D eigenvalue weighted by atomic mass is 35.5. The molecule has 6 nitrogen and oxygen atoms in total. The maximum atomic E-state index is 12.8. The van der Waals surface area contributed by atoms with Gasteiger partial charge in [-0.05, 0) is 36.8 Å². The van der Waals surface area contributed by atoms with Gasteiger partial charge in [-0.25, -0.2) is 4.98 Å². The number of halogens is 1. The van der Waals surface area contributed by atoms with Gasteiger partial charge >= 0.3 is 0 Å². The molecule has 0 atom stereocenters. The summed E-state index contributed by atoms with van der Waals surface area (Å²) in [5, 5.41) is 6.39. The number of anilines is 3. The second-order valence-corrected chi connectivity index (χ2v) is 7.91. The number of benzene rings is 1. The number of hydrogen-bond donors (Lipinski definition) is 1. The molecule has 28 heavy (non-hydrogen) atoms. The lowest BCUT2D eigenvalue weighted by molar-refractivity contribution is 0.0742. The predicted octanol–water partition coefficient (Wildman–Crippen LogP) is 4.21. The Morgan fingerprint density at radius 3 is 2.79 bits per heavy atom. The first kappa shape index (κ1) is 18.7. The number of amides is 1. The van der Waals surface area contributed by atoms with Crippen molar-refractivity contribution in [3.05, 3.63) is 64.4 Å². The van der Waals surface area contributed by atoms with E-state index in [1.807, 2.05) is 35.2 Å². The van der Waals surface area contributed by atoms with E-state index in [0.717, 1.165) is 29.5 Å². The third kappa shape index (κ3) is 4.10. The van der Waals surface area contributed by atoms with Gasteiger partial charge in [0.05, 0.1) is 11.9 Å². The van der Waals surface area contributed by atoms with Crippen LogP contribution in [-0.2, 0) is 0 Å². The Balaban J connectivity index is 1.38. The molecular weight excluding hydrogens is 394 g/mol. The largest absolute Gasteiger partial charge is 0.368 e. The number of carbonyl (C=O) groups is 1. The minimum Gasteiger partial charge on any atom is -0.368 e. The normalized spacial score (nSPS) is 14.2. The lowest BCUT2D eigenvalue weighted by Crippen LogP contribution is -2.49. The molecule has 0 bridgehead atoms. The van der Waals surface area contributed by atoms with E-state index in [-0.39, 0.29) is 5.91 Å². The first-order valence-corrected chi connectivity index (χ1v) is 10.3. The number of piperazine rings is 1. The van der Waals surface area contributed by atoms with E-state index in [1.54, 1.807) is 17.8 Å². The molecule has 1 N–H and O–H groups in total. The molecule has 2 aromatic heterocycles. The van der Waals surface area contributed by atoms with E-state index in [1.165, 1.54) is 16.9 Å². The molecule has 1 aliphatic rings. The molecule has 0 aliphatic carbocycles. The van der Waals surface area contributed by atoms with Gasteiger partial charge in [0.2, 0.25) is 0 Å². The van der Waals surface area contributed by atoms with Crippen molar-refractivity contribution in [2.75, 3.05) is 36.4 Å². The molecule has 1 saturated heterocycles. The minimum atomic E-state index is -0.0297. The smallest absolute Gasteiger partial charge is 0.273 e. The first-order valence-electron chi connectivity index (χ1n) is 9.03. The number of hydrogen-bond acceptors (Lipinski definition) is 6. The van der Waals surface area contributed by atoms with Gasteiger partial charge in [-0.2, -0.15) is 0 Å². The van der Waals surface area contributed by atoms with Crippen LogP contribution >= 0.6 is 22.9 Å². The number of thiazole rings is 1. The van der Waals surface area contributed by atoms with Gasteiger partial charge in [-0.1, -0.05) is 17.7 Å². The molecular formula is C20H20ClN5OS. The van der Waals surface area contributed by atoms with Crippen molar-refractivity contribution >= 4 is 45.4 Å². The van der Waals surface area contributed by atoms with Crippen molar-refractivity contribution in [1.82, 2.24) is 14.9 Å². The van der Waals surface area contributed by atoms with Crippen molar-refractivity contribution in [3.63, 3.8) is 0 Å². The Labute approximate surface area is 172 Å². The molecule has 0 radical (unpaired) electrons. The van der Waals surface area contributed by atoms with Crippen LogP contribution in [0.5, 0.6) is 0 Å². The monoisotopic (exact) mass is 413 g/mol. The maximum Gasteiger partial charge on any atom is 0.273 e. The second-order valence-electron chi connectivity index (χ2n) is 6.61. The molecule has 8 heteroatoms. The summed E-state index contributed by atoms with van der Waals surface area (Å²) in [6, 6.07) is 9.68. The molecule has 3 heterocycles. The lowest BCUT2D eigenvalue weighted by atomic mass is 10.1. The van der Waals surface area contributed by atoms with Crippen LogP contribution in [0.2, 0.25) is 5.02 Å². The number of rotatable bonds is 4. The summed E-state index contributed by atoms with van der Waals surface area (Å²) in [5.74, 6) is -0.0297. The Morgan fingerprint density at radius 2 is 2.04 bits per heavy atom. The van der Waals surface area contributed by atoms with E-state index >= 15 is 0 Å². The van der Waals surface area contributed by atoms with Crippen LogP contribution in [0, 0.1) is 6.92 Å². The average molecular weight is 414 g/mol. The molecule has 1 fully saturated rings. The van der Waals surface area contributed by atoms with E-state index < -0.39 is 0 Å². The van der Waals surface area contributed by atoms with Crippen molar-refractivity contribution in [1.29, 1.82) is 0 Å². The number of aromatic nitrogens is 2. The van der Waals surface area contributed by atoms with Crippen LogP contribution in [0.15, 0.2) is 48.1 Å². The van der Waals surface area contributed by atoms with Gasteiger partial charge in [-0.3, -0.25) is 9.78 Å². The topological polar surface area (TPSA) is 61.4 Å². The Morgan fingerprint density at radius 1 is 1.21 bits per heavy atom. The fourth-order valence-electron chi connectivity index (χ4n) is 3.23. The van der Waals surface area contributed by atoms with Gasteiger partial charge in [0.15, 0.2) is 5.13 Å². The maximum absolute atomic E-state index is 12.8. The van der Waals surface area contributed by atoms with Crippen LogP contribution in [0.1, 0.15) is 16.1 Å². The second kappa shape index (κ2) is 8.16. The van der Waals surface area contributed by atoms with Crippen LogP contribution in [0.25, 0.3) is 0 Å². The van der Waals surface area contributed by atoms with Gasteiger partial charge < -0.3 is 15.1 Å². The van der Waals surface area contributed by atoms with Crippen molar-refractivity contribution < 1.29 is 4.79 Å². The van der Waals surface area contributed by atoms with Crippen LogP contribution in [0.4, 0.5) is 16.5 Å². The highest BCUT2D eigenvalue weighted by Crippen LogP contribution is 2.26. The fourth-order valence-corrected chi connectivity index (χ4v) is 4.10. The van der Waals surface area contributed by atoms with Crippen LogP contribution < -0.4 is 10.2 Å². The van der Waals surface area contributed by atoms with E-state index in [4.69, 9.17) is 11.6 Å². The quantitative estimate of drug-likeness (QED) is 0.694. The summed E-state index contributed by atoms with van der Waals surface area (Å²) in [6.07, 6.45) is 3.44. The van der Waals surface area contributed by atoms with Gasteiger partial charge in [0, 0.05) is 48.5 Å². The zero-order valence-electron chi connectivity index (χ0n) is 15.4. The van der Waals surface area contributed by atoms with Crippen molar-refractivity contribution in [2.24, 2.45) is 0 Å². The molecule has 0 unspecified atom stereocenters. The molecule has 1 amide bonds. The standard InChI is InChI=1S/C20H20ClN5OS/c1-14-4-5-15(21)11-18(14)25-7-9-26(10-8-25)19(27)17-13-28-20(24-17)23-16-3-2-6-22-12-16/h2-6,11-13H,7-10H2,1H3,(H,23,24). The number of nitrogens with one attached hydrogen (secondary N) is 1. The van der Waals surface area contributed by atoms with E-state index in [0.29, 0.717) is 23.9 Å². The number of carbonyl (C=O) groups excluding carboxylic acids is 1. The highest BCUT2D eigenvalue weighted by Gasteiger charge is 2.24. The van der Waals surface area contributed by atoms with Crippen LogP contribution in [-0.4, -0.2) is 47.0 Å². The van der Waals surface area contributed by atoms with Gasteiger partial charge in [-0.15, -0.1) is 11.3 Å². The van der Waals surface area contributed by atoms with Crippen molar-refractivity contribution in [3.8, 4) is 0 Å². The average Bonchev–Trinajstić information content (AvgIpc) is 3.18. The zero-order valence-corrected chi connectivity index (χ0v) is 17.0. The van der Waals surface area contributed by atoms with E-state index in [2.05, 4.69) is 27.1 Å². The fraction of sp³-hybridized carbons (Fsp3) is 0.250. The number of aryl methyl sites for hydroxylation is 1. The lowest BCUT2D eigenvalue weighted by Gasteiger charge is -2.36. The third-order valence-electron chi connectivity index (χ3n) is 4.71. The van der Waals surface area contributed by atoms with Crippen molar-refractivity contribution in [2.45, 2.75) is 6.92 Å². The van der Waals surface area contributed by atoms with Crippen LogP contribution in [0.3, 0.4) is 0 Å². The molecule has 3 aromatic rings. The molecule has 0 spiro atoms. The Bertz CT molecular complexity index is 970. The molecule has 144 valence electrons. The highest BCUT2D eigenvalue weighted by molar-refractivity contribution is 7.14. The van der Waals surface area contributed by atoms with Gasteiger partial charge in [0.25, 0.3) is 5.91 Å².